The average Bonchev–Trinajstić information content (AvgIpc) is 2.69. The smallest absolute Gasteiger partial charge is 0.256 e. The van der Waals surface area contributed by atoms with Gasteiger partial charge in [-0.3, -0.25) is 9.48 Å². The van der Waals surface area contributed by atoms with Gasteiger partial charge in [0.2, 0.25) is 0 Å². The topological polar surface area (TPSA) is 70.7 Å². The summed E-state index contributed by atoms with van der Waals surface area (Å²) in [5.41, 5.74) is 0.392. The minimum atomic E-state index is -0.523. The molecule has 0 bridgehead atoms. The summed E-state index contributed by atoms with van der Waals surface area (Å²) in [7, 11) is 1.60. The molecule has 7 heteroatoms. The summed E-state index contributed by atoms with van der Waals surface area (Å²) in [6.07, 6.45) is 1.34. The van der Waals surface area contributed by atoms with Gasteiger partial charge in [0.15, 0.2) is 0 Å². The molecule has 0 aliphatic rings. The van der Waals surface area contributed by atoms with Crippen LogP contribution in [0.15, 0.2) is 28.9 Å². The second-order valence-corrected chi connectivity index (χ2v) is 4.67. The number of nitriles is 1. The van der Waals surface area contributed by atoms with Crippen molar-refractivity contribution in [3.05, 3.63) is 45.8 Å². The SMILES string of the molecule is Cn1ncc(C#N)c1NC(=O)c1cc(F)cc(Br)c1. The van der Waals surface area contributed by atoms with Crippen molar-refractivity contribution in [2.45, 2.75) is 0 Å². The first-order chi connectivity index (χ1) is 9.01. The largest absolute Gasteiger partial charge is 0.306 e. The van der Waals surface area contributed by atoms with E-state index in [1.54, 1.807) is 7.05 Å². The van der Waals surface area contributed by atoms with Gasteiger partial charge in [-0.15, -0.1) is 0 Å². The number of amides is 1. The lowest BCUT2D eigenvalue weighted by molar-refractivity contribution is 0.102. The normalized spacial score (nSPS) is 10.0. The monoisotopic (exact) mass is 322 g/mol. The summed E-state index contributed by atoms with van der Waals surface area (Å²) in [6.45, 7) is 0. The molecule has 0 fully saturated rings. The third-order valence-corrected chi connectivity index (χ3v) is 2.87. The summed E-state index contributed by atoms with van der Waals surface area (Å²) >= 11 is 3.11. The number of nitrogens with zero attached hydrogens (tertiary/aromatic N) is 3. The first-order valence-corrected chi connectivity index (χ1v) is 6.00. The van der Waals surface area contributed by atoms with E-state index in [0.717, 1.165) is 6.07 Å². The van der Waals surface area contributed by atoms with Crippen LogP contribution < -0.4 is 5.32 Å². The molecule has 0 saturated carbocycles. The molecular formula is C12H8BrFN4O. The molecule has 96 valence electrons. The van der Waals surface area contributed by atoms with E-state index in [1.165, 1.54) is 23.0 Å². The number of benzene rings is 1. The van der Waals surface area contributed by atoms with Crippen LogP contribution >= 0.6 is 15.9 Å². The van der Waals surface area contributed by atoms with Crippen LogP contribution in [-0.2, 0) is 7.05 Å². The van der Waals surface area contributed by atoms with Gasteiger partial charge in [-0.25, -0.2) is 4.39 Å². The number of halogens is 2. The number of hydrogen-bond acceptors (Lipinski definition) is 3. The van der Waals surface area contributed by atoms with Crippen LogP contribution in [0.5, 0.6) is 0 Å². The first kappa shape index (κ1) is 13.2. The number of nitrogens with one attached hydrogen (secondary N) is 1. The standard InChI is InChI=1S/C12H8BrFN4O/c1-18-11(8(5-15)6-16-18)17-12(19)7-2-9(13)4-10(14)3-7/h2-4,6H,1H3,(H,17,19). The van der Waals surface area contributed by atoms with E-state index in [9.17, 15) is 9.18 Å². The van der Waals surface area contributed by atoms with Crippen LogP contribution in [0.1, 0.15) is 15.9 Å². The molecule has 1 N–H and O–H groups in total. The molecule has 1 aromatic heterocycles. The maximum atomic E-state index is 13.2. The van der Waals surface area contributed by atoms with E-state index in [2.05, 4.69) is 26.3 Å². The Kier molecular flexibility index (Phi) is 3.62. The van der Waals surface area contributed by atoms with E-state index in [-0.39, 0.29) is 16.9 Å². The Bertz CT molecular complexity index is 669. The van der Waals surface area contributed by atoms with Gasteiger partial charge >= 0.3 is 0 Å². The Morgan fingerprint density at radius 1 is 1.53 bits per heavy atom. The Morgan fingerprint density at radius 2 is 2.26 bits per heavy atom. The van der Waals surface area contributed by atoms with Crippen molar-refractivity contribution in [2.75, 3.05) is 5.32 Å². The molecule has 0 saturated heterocycles. The van der Waals surface area contributed by atoms with Crippen LogP contribution in [0.25, 0.3) is 0 Å². The Labute approximate surface area is 116 Å². The molecule has 0 unspecified atom stereocenters. The van der Waals surface area contributed by atoms with Crippen molar-refractivity contribution in [3.8, 4) is 6.07 Å². The predicted molar refractivity (Wildman–Crippen MR) is 70.0 cm³/mol. The molecule has 0 atom stereocenters. The fourth-order valence-electron chi connectivity index (χ4n) is 1.53. The van der Waals surface area contributed by atoms with Gasteiger partial charge in [0, 0.05) is 17.1 Å². The van der Waals surface area contributed by atoms with E-state index in [1.807, 2.05) is 6.07 Å². The van der Waals surface area contributed by atoms with Crippen molar-refractivity contribution in [1.82, 2.24) is 9.78 Å². The third-order valence-electron chi connectivity index (χ3n) is 2.42. The van der Waals surface area contributed by atoms with Crippen LogP contribution in [0.2, 0.25) is 0 Å². The zero-order chi connectivity index (χ0) is 14.0. The minimum absolute atomic E-state index is 0.150. The fourth-order valence-corrected chi connectivity index (χ4v) is 2.00. The number of carbonyl (C=O) groups is 1. The number of anilines is 1. The highest BCUT2D eigenvalue weighted by molar-refractivity contribution is 9.10. The van der Waals surface area contributed by atoms with Crippen molar-refractivity contribution in [1.29, 1.82) is 5.26 Å². The molecule has 0 aliphatic carbocycles. The van der Waals surface area contributed by atoms with Crippen molar-refractivity contribution < 1.29 is 9.18 Å². The Balaban J connectivity index is 2.31. The lowest BCUT2D eigenvalue weighted by Crippen LogP contribution is -2.15. The van der Waals surface area contributed by atoms with Crippen molar-refractivity contribution in [3.63, 3.8) is 0 Å². The highest BCUT2D eigenvalue weighted by Crippen LogP contribution is 2.18. The van der Waals surface area contributed by atoms with Crippen LogP contribution in [-0.4, -0.2) is 15.7 Å². The summed E-state index contributed by atoms with van der Waals surface area (Å²) < 4.78 is 15.0. The van der Waals surface area contributed by atoms with Gasteiger partial charge in [-0.2, -0.15) is 10.4 Å². The molecule has 19 heavy (non-hydrogen) atoms. The van der Waals surface area contributed by atoms with Gasteiger partial charge in [0.05, 0.1) is 6.20 Å². The van der Waals surface area contributed by atoms with E-state index in [0.29, 0.717) is 4.47 Å². The molecule has 0 spiro atoms. The summed E-state index contributed by atoms with van der Waals surface area (Å²) in [4.78, 5) is 12.0. The number of rotatable bonds is 2. The van der Waals surface area contributed by atoms with Crippen LogP contribution in [0.3, 0.4) is 0 Å². The minimum Gasteiger partial charge on any atom is -0.306 e. The Morgan fingerprint density at radius 3 is 2.89 bits per heavy atom. The Hall–Kier alpha value is -2.20. The average molecular weight is 323 g/mol. The molecule has 5 nitrogen and oxygen atoms in total. The van der Waals surface area contributed by atoms with Crippen molar-refractivity contribution in [2.24, 2.45) is 7.05 Å². The molecule has 2 rings (SSSR count). The van der Waals surface area contributed by atoms with E-state index >= 15 is 0 Å². The van der Waals surface area contributed by atoms with Gasteiger partial charge in [-0.1, -0.05) is 15.9 Å². The molecule has 0 aliphatic heterocycles. The number of carbonyl (C=O) groups excluding carboxylic acids is 1. The van der Waals surface area contributed by atoms with Gasteiger partial charge in [0.1, 0.15) is 23.3 Å². The summed E-state index contributed by atoms with van der Waals surface area (Å²) in [5.74, 6) is -0.766. The highest BCUT2D eigenvalue weighted by atomic mass is 79.9. The number of aromatic nitrogens is 2. The zero-order valence-electron chi connectivity index (χ0n) is 9.82. The first-order valence-electron chi connectivity index (χ1n) is 5.21. The van der Waals surface area contributed by atoms with Crippen molar-refractivity contribution >= 4 is 27.7 Å². The van der Waals surface area contributed by atoms with Gasteiger partial charge in [0.25, 0.3) is 5.91 Å². The van der Waals surface area contributed by atoms with E-state index in [4.69, 9.17) is 5.26 Å². The van der Waals surface area contributed by atoms with E-state index < -0.39 is 11.7 Å². The van der Waals surface area contributed by atoms with Gasteiger partial charge in [-0.05, 0) is 18.2 Å². The lowest BCUT2D eigenvalue weighted by atomic mass is 10.2. The fraction of sp³-hybridized carbons (Fsp3) is 0.0833. The van der Waals surface area contributed by atoms with Gasteiger partial charge < -0.3 is 5.32 Å². The van der Waals surface area contributed by atoms with Crippen LogP contribution in [0.4, 0.5) is 10.2 Å². The third kappa shape index (κ3) is 2.80. The molecule has 1 amide bonds. The zero-order valence-corrected chi connectivity index (χ0v) is 11.4. The molecule has 1 heterocycles. The van der Waals surface area contributed by atoms with Crippen LogP contribution in [0, 0.1) is 17.1 Å². The molecule has 0 radical (unpaired) electrons. The molecule has 2 aromatic rings. The molecular weight excluding hydrogens is 315 g/mol. The highest BCUT2D eigenvalue weighted by Gasteiger charge is 2.14. The lowest BCUT2D eigenvalue weighted by Gasteiger charge is -2.06. The number of aryl methyl sites for hydroxylation is 1. The summed E-state index contributed by atoms with van der Waals surface area (Å²) in [5, 5.41) is 15.3. The second-order valence-electron chi connectivity index (χ2n) is 3.75. The second kappa shape index (κ2) is 5.20. The number of hydrogen-bond donors (Lipinski definition) is 1. The maximum Gasteiger partial charge on any atom is 0.256 e. The molecule has 1 aromatic carbocycles. The maximum absolute atomic E-state index is 13.2. The quantitative estimate of drug-likeness (QED) is 0.923. The predicted octanol–water partition coefficient (Wildman–Crippen LogP) is 2.45. The summed E-state index contributed by atoms with van der Waals surface area (Å²) in [6, 6.07) is 5.77.